The molecule has 0 saturated heterocycles. The molecule has 1 saturated carbocycles. The smallest absolute Gasteiger partial charge is 0.00463 e. The molecule has 0 amide bonds. The summed E-state index contributed by atoms with van der Waals surface area (Å²) < 4.78 is 0. The highest BCUT2D eigenvalue weighted by Gasteiger charge is 2.23. The van der Waals surface area contributed by atoms with Crippen LogP contribution >= 0.6 is 0 Å². The highest BCUT2D eigenvalue weighted by molar-refractivity contribution is 4.75. The fourth-order valence-electron chi connectivity index (χ4n) is 2.08. The summed E-state index contributed by atoms with van der Waals surface area (Å²) >= 11 is 0. The van der Waals surface area contributed by atoms with Gasteiger partial charge in [0.25, 0.3) is 0 Å². The van der Waals surface area contributed by atoms with Crippen molar-refractivity contribution in [1.29, 1.82) is 0 Å². The van der Waals surface area contributed by atoms with Gasteiger partial charge < -0.3 is 5.73 Å². The second-order valence-electron chi connectivity index (χ2n) is 3.89. The van der Waals surface area contributed by atoms with E-state index in [1.54, 1.807) is 0 Å². The Morgan fingerprint density at radius 1 is 1.30 bits per heavy atom. The topological polar surface area (TPSA) is 26.0 Å². The molecular weight excluding hydrogens is 122 g/mol. The van der Waals surface area contributed by atoms with Crippen molar-refractivity contribution in [3.63, 3.8) is 0 Å². The van der Waals surface area contributed by atoms with Gasteiger partial charge in [0.05, 0.1) is 0 Å². The van der Waals surface area contributed by atoms with Crippen molar-refractivity contribution in [2.75, 3.05) is 6.54 Å². The van der Waals surface area contributed by atoms with Gasteiger partial charge >= 0.3 is 0 Å². The summed E-state index contributed by atoms with van der Waals surface area (Å²) in [6, 6.07) is 0. The largest absolute Gasteiger partial charge is 0.330 e. The third-order valence-corrected chi connectivity index (χ3v) is 2.91. The van der Waals surface area contributed by atoms with E-state index in [-0.39, 0.29) is 0 Å². The number of hydrogen-bond donors (Lipinski definition) is 1. The van der Waals surface area contributed by atoms with Crippen molar-refractivity contribution in [3.05, 3.63) is 0 Å². The van der Waals surface area contributed by atoms with Crippen molar-refractivity contribution in [1.82, 2.24) is 0 Å². The molecule has 0 aromatic carbocycles. The number of rotatable bonds is 1. The van der Waals surface area contributed by atoms with Crippen LogP contribution in [0, 0.1) is 17.8 Å². The summed E-state index contributed by atoms with van der Waals surface area (Å²) in [5.74, 6) is 2.63. The molecule has 0 aliphatic heterocycles. The molecule has 0 aromatic heterocycles. The summed E-state index contributed by atoms with van der Waals surface area (Å²) in [6.45, 7) is 5.59. The van der Waals surface area contributed by atoms with Gasteiger partial charge in [-0.05, 0) is 37.1 Å². The first-order valence-electron chi connectivity index (χ1n) is 4.44. The van der Waals surface area contributed by atoms with Crippen LogP contribution < -0.4 is 5.73 Å². The van der Waals surface area contributed by atoms with Gasteiger partial charge in [-0.3, -0.25) is 0 Å². The lowest BCUT2D eigenvalue weighted by molar-refractivity contribution is 0.210. The quantitative estimate of drug-likeness (QED) is 0.594. The highest BCUT2D eigenvalue weighted by Crippen LogP contribution is 2.32. The molecule has 0 radical (unpaired) electrons. The van der Waals surface area contributed by atoms with Crippen LogP contribution in [0.25, 0.3) is 0 Å². The molecule has 0 heterocycles. The van der Waals surface area contributed by atoms with Crippen LogP contribution in [-0.2, 0) is 0 Å². The molecule has 1 aliphatic carbocycles. The Morgan fingerprint density at radius 2 is 2.00 bits per heavy atom. The molecular formula is C9H19N. The Kier molecular flexibility index (Phi) is 2.72. The van der Waals surface area contributed by atoms with Crippen LogP contribution in [0.2, 0.25) is 0 Å². The Hall–Kier alpha value is -0.0400. The van der Waals surface area contributed by atoms with E-state index in [1.807, 2.05) is 0 Å². The lowest BCUT2D eigenvalue weighted by atomic mass is 9.76. The van der Waals surface area contributed by atoms with E-state index in [0.29, 0.717) is 0 Å². The van der Waals surface area contributed by atoms with Crippen molar-refractivity contribution in [3.8, 4) is 0 Å². The summed E-state index contributed by atoms with van der Waals surface area (Å²) in [5, 5.41) is 0. The van der Waals surface area contributed by atoms with E-state index < -0.39 is 0 Å². The zero-order chi connectivity index (χ0) is 7.56. The van der Waals surface area contributed by atoms with Gasteiger partial charge in [0.2, 0.25) is 0 Å². The molecule has 1 rings (SSSR count). The molecule has 3 atom stereocenters. The molecule has 0 spiro atoms. The van der Waals surface area contributed by atoms with E-state index >= 15 is 0 Å². The molecule has 60 valence electrons. The second-order valence-corrected chi connectivity index (χ2v) is 3.89. The van der Waals surface area contributed by atoms with Crippen LogP contribution in [-0.4, -0.2) is 6.54 Å². The maximum atomic E-state index is 5.64. The van der Waals surface area contributed by atoms with Crippen LogP contribution in [0.3, 0.4) is 0 Å². The van der Waals surface area contributed by atoms with Crippen LogP contribution in [0.1, 0.15) is 33.1 Å². The average Bonchev–Trinajstić information content (AvgIpc) is 1.88. The fraction of sp³-hybridized carbons (Fsp3) is 1.00. The summed E-state index contributed by atoms with van der Waals surface area (Å²) in [4.78, 5) is 0. The monoisotopic (exact) mass is 141 g/mol. The van der Waals surface area contributed by atoms with Gasteiger partial charge in [-0.25, -0.2) is 0 Å². The van der Waals surface area contributed by atoms with Crippen LogP contribution in [0.15, 0.2) is 0 Å². The lowest BCUT2D eigenvalue weighted by Gasteiger charge is -2.31. The second kappa shape index (κ2) is 3.38. The summed E-state index contributed by atoms with van der Waals surface area (Å²) in [5.41, 5.74) is 5.64. The molecule has 3 unspecified atom stereocenters. The third kappa shape index (κ3) is 1.72. The molecule has 1 nitrogen and oxygen atoms in total. The first-order chi connectivity index (χ1) is 4.74. The average molecular weight is 141 g/mol. The van der Waals surface area contributed by atoms with Gasteiger partial charge in [-0.15, -0.1) is 0 Å². The maximum absolute atomic E-state index is 5.64. The Morgan fingerprint density at radius 3 is 2.50 bits per heavy atom. The number of nitrogens with two attached hydrogens (primary N) is 1. The highest BCUT2D eigenvalue weighted by atomic mass is 14.6. The maximum Gasteiger partial charge on any atom is -0.00463 e. The van der Waals surface area contributed by atoms with Gasteiger partial charge in [-0.2, -0.15) is 0 Å². The van der Waals surface area contributed by atoms with Gasteiger partial charge in [0.1, 0.15) is 0 Å². The van der Waals surface area contributed by atoms with Crippen molar-refractivity contribution >= 4 is 0 Å². The summed E-state index contributed by atoms with van der Waals surface area (Å²) in [7, 11) is 0. The van der Waals surface area contributed by atoms with Crippen molar-refractivity contribution in [2.24, 2.45) is 23.5 Å². The molecule has 0 bridgehead atoms. The van der Waals surface area contributed by atoms with Gasteiger partial charge in [0, 0.05) is 0 Å². The van der Waals surface area contributed by atoms with E-state index in [0.717, 1.165) is 24.3 Å². The standard InChI is InChI=1S/C9H19N/c1-7-3-4-9(6-10)8(2)5-7/h7-9H,3-6,10H2,1-2H3. The fourth-order valence-corrected chi connectivity index (χ4v) is 2.08. The minimum atomic E-state index is 0.816. The zero-order valence-electron chi connectivity index (χ0n) is 7.14. The van der Waals surface area contributed by atoms with E-state index in [4.69, 9.17) is 5.73 Å². The van der Waals surface area contributed by atoms with Crippen LogP contribution in [0.4, 0.5) is 0 Å². The zero-order valence-corrected chi connectivity index (χ0v) is 7.14. The van der Waals surface area contributed by atoms with E-state index in [1.165, 1.54) is 19.3 Å². The summed E-state index contributed by atoms with van der Waals surface area (Å²) in [6.07, 6.45) is 4.15. The normalized spacial score (nSPS) is 41.7. The lowest BCUT2D eigenvalue weighted by Crippen LogP contribution is -2.27. The van der Waals surface area contributed by atoms with Crippen LogP contribution in [0.5, 0.6) is 0 Å². The Bertz CT molecular complexity index is 101. The molecule has 2 N–H and O–H groups in total. The van der Waals surface area contributed by atoms with Gasteiger partial charge in [-0.1, -0.05) is 20.3 Å². The first-order valence-corrected chi connectivity index (χ1v) is 4.44. The first kappa shape index (κ1) is 8.06. The minimum Gasteiger partial charge on any atom is -0.330 e. The molecule has 0 aromatic rings. The molecule has 10 heavy (non-hydrogen) atoms. The Balaban J connectivity index is 2.36. The number of hydrogen-bond acceptors (Lipinski definition) is 1. The predicted octanol–water partition coefficient (Wildman–Crippen LogP) is 2.02. The van der Waals surface area contributed by atoms with Crippen molar-refractivity contribution < 1.29 is 0 Å². The van der Waals surface area contributed by atoms with E-state index in [2.05, 4.69) is 13.8 Å². The third-order valence-electron chi connectivity index (χ3n) is 2.91. The molecule has 1 heteroatoms. The van der Waals surface area contributed by atoms with E-state index in [9.17, 15) is 0 Å². The van der Waals surface area contributed by atoms with Gasteiger partial charge in [0.15, 0.2) is 0 Å². The SMILES string of the molecule is CC1CCC(CN)C(C)C1. The minimum absolute atomic E-state index is 0.816. The predicted molar refractivity (Wildman–Crippen MR) is 44.7 cm³/mol. The molecule has 1 fully saturated rings. The van der Waals surface area contributed by atoms with Crippen molar-refractivity contribution in [2.45, 2.75) is 33.1 Å². The molecule has 1 aliphatic rings. The Labute approximate surface area is 64.0 Å².